The number of aryl methyl sites for hydroxylation is 1. The number of nitrogens with one attached hydrogen (secondary N) is 1. The van der Waals surface area contributed by atoms with Crippen molar-refractivity contribution in [2.75, 3.05) is 5.32 Å². The number of rotatable bonds is 7. The number of hydrogen-bond donors (Lipinski definition) is 1. The second-order valence-corrected chi connectivity index (χ2v) is 5.83. The second kappa shape index (κ2) is 8.99. The van der Waals surface area contributed by atoms with Gasteiger partial charge in [0.25, 0.3) is 5.91 Å². The summed E-state index contributed by atoms with van der Waals surface area (Å²) in [6, 6.07) is 12.7. The van der Waals surface area contributed by atoms with Crippen molar-refractivity contribution in [1.82, 2.24) is 0 Å². The lowest BCUT2D eigenvalue weighted by atomic mass is 10.1. The minimum Gasteiger partial charge on any atom is -0.479 e. The summed E-state index contributed by atoms with van der Waals surface area (Å²) in [5, 5.41) is 2.69. The van der Waals surface area contributed by atoms with Crippen molar-refractivity contribution in [2.24, 2.45) is 0 Å². The first-order valence-electron chi connectivity index (χ1n) is 8.41. The predicted molar refractivity (Wildman–Crippen MR) is 96.5 cm³/mol. The van der Waals surface area contributed by atoms with E-state index in [1.165, 1.54) is 38.1 Å². The van der Waals surface area contributed by atoms with Crippen molar-refractivity contribution in [2.45, 2.75) is 39.4 Å². The summed E-state index contributed by atoms with van der Waals surface area (Å²) in [5.74, 6) is -1.18. The summed E-state index contributed by atoms with van der Waals surface area (Å²) in [4.78, 5) is 24.2. The lowest BCUT2D eigenvalue weighted by Gasteiger charge is -2.18. The Bertz CT molecular complexity index is 743. The number of carbonyl (C=O) groups excluding carboxylic acids is 2. The molecule has 1 N–H and O–H groups in total. The van der Waals surface area contributed by atoms with Crippen LogP contribution in [0.5, 0.6) is 5.75 Å². The van der Waals surface area contributed by atoms with E-state index in [-0.39, 0.29) is 0 Å². The third-order valence-corrected chi connectivity index (χ3v) is 3.75. The Morgan fingerprint density at radius 2 is 1.62 bits per heavy atom. The minimum atomic E-state index is -0.979. The van der Waals surface area contributed by atoms with Crippen molar-refractivity contribution in [3.05, 3.63) is 59.9 Å². The van der Waals surface area contributed by atoms with Crippen LogP contribution >= 0.6 is 0 Å². The van der Waals surface area contributed by atoms with Gasteiger partial charge in [-0.3, -0.25) is 4.79 Å². The summed E-state index contributed by atoms with van der Waals surface area (Å²) in [7, 11) is 0. The van der Waals surface area contributed by atoms with E-state index in [1.807, 2.05) is 19.1 Å². The molecule has 0 radical (unpaired) electrons. The van der Waals surface area contributed by atoms with Crippen LogP contribution in [0.3, 0.4) is 0 Å². The number of ether oxygens (including phenoxy) is 2. The molecule has 0 saturated carbocycles. The molecule has 0 saturated heterocycles. The van der Waals surface area contributed by atoms with Gasteiger partial charge in [-0.05, 0) is 62.2 Å². The molecule has 0 aliphatic rings. The number of halogens is 1. The molecule has 0 aliphatic carbocycles. The van der Waals surface area contributed by atoms with E-state index in [1.54, 1.807) is 12.1 Å². The summed E-state index contributed by atoms with van der Waals surface area (Å²) in [6.07, 6.45) is -0.999. The number of carbonyl (C=O) groups is 2. The molecule has 2 aromatic rings. The zero-order valence-corrected chi connectivity index (χ0v) is 15.0. The maximum absolute atomic E-state index is 12.9. The highest BCUT2D eigenvalue weighted by Gasteiger charge is 2.23. The monoisotopic (exact) mass is 359 g/mol. The molecular formula is C20H22FNO4. The fraction of sp³-hybridized carbons (Fsp3) is 0.300. The molecule has 0 unspecified atom stereocenters. The number of benzene rings is 2. The van der Waals surface area contributed by atoms with E-state index in [0.29, 0.717) is 11.4 Å². The SMILES string of the molecule is CCc1ccc(NC(=O)[C@@H](C)OC(=O)[C@@H](C)Oc2ccc(F)cc2)cc1. The molecule has 1 amide bonds. The molecule has 0 aliphatic heterocycles. The van der Waals surface area contributed by atoms with Gasteiger partial charge in [-0.25, -0.2) is 9.18 Å². The van der Waals surface area contributed by atoms with Gasteiger partial charge < -0.3 is 14.8 Å². The van der Waals surface area contributed by atoms with Crippen LogP contribution in [0.4, 0.5) is 10.1 Å². The molecule has 2 rings (SSSR count). The molecule has 5 nitrogen and oxygen atoms in total. The van der Waals surface area contributed by atoms with Crippen molar-refractivity contribution in [1.29, 1.82) is 0 Å². The molecule has 138 valence electrons. The van der Waals surface area contributed by atoms with Crippen LogP contribution in [0.15, 0.2) is 48.5 Å². The maximum atomic E-state index is 12.9. The fourth-order valence-electron chi connectivity index (χ4n) is 2.16. The quantitative estimate of drug-likeness (QED) is 0.765. The highest BCUT2D eigenvalue weighted by molar-refractivity contribution is 5.95. The standard InChI is InChI=1S/C20H22FNO4/c1-4-15-5-9-17(10-6-15)22-19(23)13(2)26-20(24)14(3)25-18-11-7-16(21)8-12-18/h5-14H,4H2,1-3H3,(H,22,23)/t13-,14-/m1/s1. The fourth-order valence-corrected chi connectivity index (χ4v) is 2.16. The van der Waals surface area contributed by atoms with E-state index in [9.17, 15) is 14.0 Å². The van der Waals surface area contributed by atoms with E-state index in [2.05, 4.69) is 5.32 Å². The lowest BCUT2D eigenvalue weighted by Crippen LogP contribution is -2.35. The van der Waals surface area contributed by atoms with E-state index in [0.717, 1.165) is 12.0 Å². The summed E-state index contributed by atoms with van der Waals surface area (Å²) in [5.41, 5.74) is 1.79. The van der Waals surface area contributed by atoms with E-state index >= 15 is 0 Å². The normalized spacial score (nSPS) is 12.8. The van der Waals surface area contributed by atoms with Crippen LogP contribution in [0.1, 0.15) is 26.3 Å². The van der Waals surface area contributed by atoms with E-state index < -0.39 is 29.9 Å². The molecule has 26 heavy (non-hydrogen) atoms. The molecule has 0 heterocycles. The topological polar surface area (TPSA) is 64.6 Å². The lowest BCUT2D eigenvalue weighted by molar-refractivity contribution is -0.159. The van der Waals surface area contributed by atoms with Crippen LogP contribution < -0.4 is 10.1 Å². The molecule has 0 fully saturated rings. The van der Waals surface area contributed by atoms with Gasteiger partial charge in [-0.2, -0.15) is 0 Å². The molecule has 0 spiro atoms. The first kappa shape index (κ1) is 19.4. The summed E-state index contributed by atoms with van der Waals surface area (Å²) < 4.78 is 23.4. The van der Waals surface area contributed by atoms with Gasteiger partial charge in [-0.15, -0.1) is 0 Å². The molecule has 0 aromatic heterocycles. The van der Waals surface area contributed by atoms with Gasteiger partial charge in [0, 0.05) is 5.69 Å². The second-order valence-electron chi connectivity index (χ2n) is 5.83. The summed E-state index contributed by atoms with van der Waals surface area (Å²) in [6.45, 7) is 5.03. The molecule has 0 bridgehead atoms. The first-order chi connectivity index (χ1) is 12.4. The Morgan fingerprint density at radius 1 is 1.00 bits per heavy atom. The van der Waals surface area contributed by atoms with Crippen molar-refractivity contribution in [3.63, 3.8) is 0 Å². The smallest absolute Gasteiger partial charge is 0.347 e. The third-order valence-electron chi connectivity index (χ3n) is 3.75. The first-order valence-corrected chi connectivity index (χ1v) is 8.41. The van der Waals surface area contributed by atoms with Crippen molar-refractivity contribution < 1.29 is 23.5 Å². The maximum Gasteiger partial charge on any atom is 0.347 e. The Morgan fingerprint density at radius 3 is 2.19 bits per heavy atom. The highest BCUT2D eigenvalue weighted by Crippen LogP contribution is 2.14. The Hall–Kier alpha value is -2.89. The largest absolute Gasteiger partial charge is 0.479 e. The molecule has 2 atom stereocenters. The van der Waals surface area contributed by atoms with Gasteiger partial charge >= 0.3 is 5.97 Å². The van der Waals surface area contributed by atoms with Crippen LogP contribution in [0, 0.1) is 5.82 Å². The number of amides is 1. The van der Waals surface area contributed by atoms with Crippen LogP contribution in [-0.4, -0.2) is 24.1 Å². The molecule has 6 heteroatoms. The van der Waals surface area contributed by atoms with Crippen LogP contribution in [0.25, 0.3) is 0 Å². The number of esters is 1. The van der Waals surface area contributed by atoms with Gasteiger partial charge in [0.05, 0.1) is 0 Å². The van der Waals surface area contributed by atoms with E-state index in [4.69, 9.17) is 9.47 Å². The summed E-state index contributed by atoms with van der Waals surface area (Å²) >= 11 is 0. The Balaban J connectivity index is 1.86. The number of hydrogen-bond acceptors (Lipinski definition) is 4. The average molecular weight is 359 g/mol. The Labute approximate surface area is 152 Å². The average Bonchev–Trinajstić information content (AvgIpc) is 2.64. The zero-order chi connectivity index (χ0) is 19.1. The highest BCUT2D eigenvalue weighted by atomic mass is 19.1. The predicted octanol–water partition coefficient (Wildman–Crippen LogP) is 3.73. The van der Waals surface area contributed by atoms with Crippen LogP contribution in [-0.2, 0) is 20.7 Å². The third kappa shape index (κ3) is 5.58. The van der Waals surface area contributed by atoms with Gasteiger partial charge in [0.15, 0.2) is 12.2 Å². The van der Waals surface area contributed by atoms with Crippen LogP contribution in [0.2, 0.25) is 0 Å². The molecule has 2 aromatic carbocycles. The molecular weight excluding hydrogens is 337 g/mol. The van der Waals surface area contributed by atoms with Gasteiger partial charge in [0.2, 0.25) is 0 Å². The van der Waals surface area contributed by atoms with Gasteiger partial charge in [0.1, 0.15) is 11.6 Å². The van der Waals surface area contributed by atoms with Crippen molar-refractivity contribution >= 4 is 17.6 Å². The van der Waals surface area contributed by atoms with Gasteiger partial charge in [-0.1, -0.05) is 19.1 Å². The Kier molecular flexibility index (Phi) is 6.72. The minimum absolute atomic E-state index is 0.337. The zero-order valence-electron chi connectivity index (χ0n) is 15.0. The number of anilines is 1. The van der Waals surface area contributed by atoms with Crippen molar-refractivity contribution in [3.8, 4) is 5.75 Å².